The number of aryl methyl sites for hydroxylation is 1. The highest BCUT2D eigenvalue weighted by molar-refractivity contribution is 6.06. The number of carboxylic acids is 1. The quantitative estimate of drug-likeness (QED) is 0.743. The summed E-state index contributed by atoms with van der Waals surface area (Å²) in [6.45, 7) is 0. The van der Waals surface area contributed by atoms with Crippen molar-refractivity contribution in [2.75, 3.05) is 0 Å². The SMILES string of the molecule is O=C(O)c1c2c(nc3c(F)cccc13)-c1ccoc1CC2. The van der Waals surface area contributed by atoms with Gasteiger partial charge < -0.3 is 9.52 Å². The molecular weight excluding hydrogens is 273 g/mol. The van der Waals surface area contributed by atoms with Crippen molar-refractivity contribution >= 4 is 16.9 Å². The molecule has 3 aromatic rings. The van der Waals surface area contributed by atoms with Crippen LogP contribution in [0.5, 0.6) is 0 Å². The molecule has 0 bridgehead atoms. The van der Waals surface area contributed by atoms with Gasteiger partial charge in [-0.05, 0) is 24.1 Å². The number of hydrogen-bond donors (Lipinski definition) is 1. The summed E-state index contributed by atoms with van der Waals surface area (Å²) in [5.41, 5.74) is 2.14. The Bertz CT molecular complexity index is 898. The minimum absolute atomic E-state index is 0.0858. The number of hydrogen-bond acceptors (Lipinski definition) is 3. The van der Waals surface area contributed by atoms with Gasteiger partial charge in [0.05, 0.1) is 17.5 Å². The third kappa shape index (κ3) is 1.60. The summed E-state index contributed by atoms with van der Waals surface area (Å²) >= 11 is 0. The minimum Gasteiger partial charge on any atom is -0.478 e. The zero-order chi connectivity index (χ0) is 14.6. The predicted octanol–water partition coefficient (Wildman–Crippen LogP) is 3.43. The van der Waals surface area contributed by atoms with Gasteiger partial charge in [-0.15, -0.1) is 0 Å². The average molecular weight is 283 g/mol. The molecule has 4 nitrogen and oxygen atoms in total. The molecule has 1 aliphatic rings. The standard InChI is InChI=1S/C16H10FNO3/c17-11-3-1-2-9-13(16(19)20)10-4-5-12-8(6-7-21-12)14(10)18-15(9)11/h1-3,6-7H,4-5H2,(H,19,20). The van der Waals surface area contributed by atoms with Crippen molar-refractivity contribution in [2.24, 2.45) is 0 Å². The fraction of sp³-hybridized carbons (Fsp3) is 0.125. The highest BCUT2D eigenvalue weighted by Gasteiger charge is 2.27. The van der Waals surface area contributed by atoms with Crippen molar-refractivity contribution in [1.29, 1.82) is 0 Å². The number of benzene rings is 1. The van der Waals surface area contributed by atoms with Crippen LogP contribution in [-0.2, 0) is 12.8 Å². The van der Waals surface area contributed by atoms with Crippen LogP contribution in [0, 0.1) is 5.82 Å². The van der Waals surface area contributed by atoms with Gasteiger partial charge in [-0.25, -0.2) is 14.2 Å². The normalized spacial score (nSPS) is 13.0. The molecule has 0 spiro atoms. The van der Waals surface area contributed by atoms with Crippen molar-refractivity contribution in [2.45, 2.75) is 12.8 Å². The Morgan fingerprint density at radius 2 is 2.14 bits per heavy atom. The van der Waals surface area contributed by atoms with Crippen LogP contribution in [0.25, 0.3) is 22.2 Å². The topological polar surface area (TPSA) is 63.3 Å². The molecule has 2 heterocycles. The van der Waals surface area contributed by atoms with E-state index in [1.54, 1.807) is 18.4 Å². The van der Waals surface area contributed by atoms with E-state index in [9.17, 15) is 14.3 Å². The lowest BCUT2D eigenvalue weighted by molar-refractivity contribution is 0.0697. The van der Waals surface area contributed by atoms with Crippen LogP contribution in [0.2, 0.25) is 0 Å². The van der Waals surface area contributed by atoms with Gasteiger partial charge in [0.1, 0.15) is 17.1 Å². The third-order valence-corrected chi connectivity index (χ3v) is 3.88. The number of para-hydroxylation sites is 1. The molecule has 0 saturated heterocycles. The molecule has 0 unspecified atom stereocenters. The molecule has 4 rings (SSSR count). The maximum Gasteiger partial charge on any atom is 0.336 e. The lowest BCUT2D eigenvalue weighted by Crippen LogP contribution is -2.12. The number of furan rings is 1. The van der Waals surface area contributed by atoms with Crippen molar-refractivity contribution in [3.63, 3.8) is 0 Å². The largest absolute Gasteiger partial charge is 0.478 e. The number of fused-ring (bicyclic) bond motifs is 4. The molecule has 2 aromatic heterocycles. The third-order valence-electron chi connectivity index (χ3n) is 3.88. The van der Waals surface area contributed by atoms with Crippen LogP contribution in [-0.4, -0.2) is 16.1 Å². The van der Waals surface area contributed by atoms with E-state index in [-0.39, 0.29) is 11.1 Å². The first-order valence-corrected chi connectivity index (χ1v) is 6.58. The van der Waals surface area contributed by atoms with E-state index in [1.165, 1.54) is 12.1 Å². The Hall–Kier alpha value is -2.69. The summed E-state index contributed by atoms with van der Waals surface area (Å²) < 4.78 is 19.4. The van der Waals surface area contributed by atoms with Crippen LogP contribution < -0.4 is 0 Å². The second-order valence-corrected chi connectivity index (χ2v) is 5.01. The van der Waals surface area contributed by atoms with Crippen molar-refractivity contribution in [3.05, 3.63) is 53.2 Å². The molecule has 1 aromatic carbocycles. The average Bonchev–Trinajstić information content (AvgIpc) is 2.94. The van der Waals surface area contributed by atoms with E-state index in [0.29, 0.717) is 29.5 Å². The fourth-order valence-corrected chi connectivity index (χ4v) is 2.99. The molecule has 0 fully saturated rings. The van der Waals surface area contributed by atoms with E-state index in [2.05, 4.69) is 4.98 Å². The van der Waals surface area contributed by atoms with Crippen molar-refractivity contribution in [1.82, 2.24) is 4.98 Å². The van der Waals surface area contributed by atoms with Crippen LogP contribution in [0.15, 0.2) is 34.9 Å². The van der Waals surface area contributed by atoms with E-state index >= 15 is 0 Å². The van der Waals surface area contributed by atoms with Crippen molar-refractivity contribution < 1.29 is 18.7 Å². The first-order chi connectivity index (χ1) is 10.2. The summed E-state index contributed by atoms with van der Waals surface area (Å²) in [5, 5.41) is 9.90. The highest BCUT2D eigenvalue weighted by atomic mass is 19.1. The van der Waals surface area contributed by atoms with Gasteiger partial charge in [0, 0.05) is 17.4 Å². The molecule has 0 aliphatic heterocycles. The molecule has 0 saturated carbocycles. The fourth-order valence-electron chi connectivity index (χ4n) is 2.99. The first-order valence-electron chi connectivity index (χ1n) is 6.58. The summed E-state index contributed by atoms with van der Waals surface area (Å²) in [5.74, 6) is -0.813. The van der Waals surface area contributed by atoms with Crippen molar-refractivity contribution in [3.8, 4) is 11.3 Å². The summed E-state index contributed by atoms with van der Waals surface area (Å²) in [6, 6.07) is 6.13. The zero-order valence-corrected chi connectivity index (χ0v) is 10.9. The van der Waals surface area contributed by atoms with E-state index in [0.717, 1.165) is 11.3 Å². The number of carbonyl (C=O) groups is 1. The predicted molar refractivity (Wildman–Crippen MR) is 73.8 cm³/mol. The lowest BCUT2D eigenvalue weighted by Gasteiger charge is -2.18. The number of nitrogens with zero attached hydrogens (tertiary/aromatic N) is 1. The highest BCUT2D eigenvalue weighted by Crippen LogP contribution is 2.37. The maximum atomic E-state index is 14.0. The molecular formula is C16H10FNO3. The molecule has 21 heavy (non-hydrogen) atoms. The lowest BCUT2D eigenvalue weighted by atomic mass is 9.89. The van der Waals surface area contributed by atoms with Gasteiger partial charge in [-0.3, -0.25) is 0 Å². The molecule has 0 amide bonds. The Morgan fingerprint density at radius 3 is 2.95 bits per heavy atom. The number of carboxylic acid groups (broad SMARTS) is 1. The number of halogens is 1. The van der Waals surface area contributed by atoms with E-state index < -0.39 is 11.8 Å². The van der Waals surface area contributed by atoms with Gasteiger partial charge in [0.2, 0.25) is 0 Å². The Labute approximate surface area is 118 Å². The number of aromatic carboxylic acids is 1. The molecule has 104 valence electrons. The Kier molecular flexibility index (Phi) is 2.39. The number of aromatic nitrogens is 1. The molecule has 0 radical (unpaired) electrons. The summed E-state index contributed by atoms with van der Waals surface area (Å²) in [7, 11) is 0. The van der Waals surface area contributed by atoms with Crippen LogP contribution in [0.4, 0.5) is 4.39 Å². The van der Waals surface area contributed by atoms with E-state index in [4.69, 9.17) is 4.42 Å². The maximum absolute atomic E-state index is 14.0. The molecule has 1 aliphatic carbocycles. The van der Waals surface area contributed by atoms with Gasteiger partial charge in [-0.2, -0.15) is 0 Å². The van der Waals surface area contributed by atoms with Gasteiger partial charge in [-0.1, -0.05) is 12.1 Å². The van der Waals surface area contributed by atoms with Crippen LogP contribution in [0.1, 0.15) is 21.7 Å². The Balaban J connectivity index is 2.19. The molecule has 1 N–H and O–H groups in total. The van der Waals surface area contributed by atoms with Gasteiger partial charge in [0.15, 0.2) is 0 Å². The first kappa shape index (κ1) is 12.1. The number of pyridine rings is 1. The monoisotopic (exact) mass is 283 g/mol. The van der Waals surface area contributed by atoms with Crippen LogP contribution >= 0.6 is 0 Å². The van der Waals surface area contributed by atoms with Gasteiger partial charge in [0.25, 0.3) is 0 Å². The van der Waals surface area contributed by atoms with Gasteiger partial charge >= 0.3 is 5.97 Å². The second kappa shape index (κ2) is 4.15. The molecule has 0 atom stereocenters. The molecule has 5 heteroatoms. The zero-order valence-electron chi connectivity index (χ0n) is 10.9. The minimum atomic E-state index is -1.06. The Morgan fingerprint density at radius 1 is 1.29 bits per heavy atom. The smallest absolute Gasteiger partial charge is 0.336 e. The number of rotatable bonds is 1. The summed E-state index contributed by atoms with van der Waals surface area (Å²) in [4.78, 5) is 16.0. The second-order valence-electron chi connectivity index (χ2n) is 5.01. The van der Waals surface area contributed by atoms with E-state index in [1.807, 2.05) is 0 Å². The summed E-state index contributed by atoms with van der Waals surface area (Å²) in [6.07, 6.45) is 2.70. The van der Waals surface area contributed by atoms with Crippen LogP contribution in [0.3, 0.4) is 0 Å².